The van der Waals surface area contributed by atoms with Crippen LogP contribution in [0.4, 0.5) is 5.69 Å². The zero-order valence-corrected chi connectivity index (χ0v) is 25.0. The lowest BCUT2D eigenvalue weighted by molar-refractivity contribution is -0.385. The molecule has 0 unspecified atom stereocenters. The van der Waals surface area contributed by atoms with E-state index in [2.05, 4.69) is 30.4 Å². The van der Waals surface area contributed by atoms with Crippen molar-refractivity contribution in [3.8, 4) is 0 Å². The molecule has 43 heavy (non-hydrogen) atoms. The number of carboxylic acids is 1. The lowest BCUT2D eigenvalue weighted by atomic mass is 9.46. The Morgan fingerprint density at radius 2 is 1.91 bits per heavy atom. The zero-order valence-electron chi connectivity index (χ0n) is 25.0. The molecule has 4 aliphatic rings. The number of aliphatic carboxylic acids is 1. The van der Waals surface area contributed by atoms with E-state index in [4.69, 9.17) is 4.84 Å². The van der Waals surface area contributed by atoms with Gasteiger partial charge in [-0.15, -0.1) is 0 Å². The van der Waals surface area contributed by atoms with Gasteiger partial charge in [-0.05, 0) is 98.5 Å². The SMILES string of the molecule is CC(=O)[C@@H]1CC[C@@H]2[C@H]3CCC4=C/C(=N\OCC(=O)N[C@H](C(=O)O)[C@@H](O)c5cccc([N+](=O)[O-])c5)CC[C@]4(C)[C@@H]3CC[C@@]21C. The third-order valence-corrected chi connectivity index (χ3v) is 11.2. The first-order chi connectivity index (χ1) is 20.3. The predicted molar refractivity (Wildman–Crippen MR) is 157 cm³/mol. The molecule has 1 aromatic carbocycles. The Labute approximate surface area is 250 Å². The van der Waals surface area contributed by atoms with Crippen LogP contribution >= 0.6 is 0 Å². The van der Waals surface area contributed by atoms with E-state index in [0.29, 0.717) is 30.0 Å². The Kier molecular flexibility index (Phi) is 8.48. The predicted octanol–water partition coefficient (Wildman–Crippen LogP) is 4.74. The fourth-order valence-corrected chi connectivity index (χ4v) is 8.99. The van der Waals surface area contributed by atoms with E-state index in [0.717, 1.165) is 56.7 Å². The number of rotatable bonds is 9. The average Bonchev–Trinajstić information content (AvgIpc) is 3.33. The van der Waals surface area contributed by atoms with Crippen molar-refractivity contribution in [1.82, 2.24) is 5.32 Å². The number of non-ortho nitro benzene ring substituents is 1. The molecule has 5 rings (SSSR count). The summed E-state index contributed by atoms with van der Waals surface area (Å²) < 4.78 is 0. The number of hydrogen-bond acceptors (Lipinski definition) is 8. The average molecular weight is 596 g/mol. The van der Waals surface area contributed by atoms with Gasteiger partial charge in [0.15, 0.2) is 12.6 Å². The molecular formula is C32H41N3O8. The number of aliphatic hydroxyl groups excluding tert-OH is 1. The Morgan fingerprint density at radius 1 is 1.14 bits per heavy atom. The van der Waals surface area contributed by atoms with Crippen molar-refractivity contribution in [2.75, 3.05) is 6.61 Å². The molecule has 1 aromatic rings. The van der Waals surface area contributed by atoms with Gasteiger partial charge in [0.05, 0.1) is 10.6 Å². The molecule has 0 radical (unpaired) electrons. The smallest absolute Gasteiger partial charge is 0.329 e. The molecule has 0 bridgehead atoms. The highest BCUT2D eigenvalue weighted by Gasteiger charge is 2.59. The molecule has 3 N–H and O–H groups in total. The number of aliphatic hydroxyl groups is 1. The van der Waals surface area contributed by atoms with Crippen LogP contribution < -0.4 is 5.32 Å². The van der Waals surface area contributed by atoms with Gasteiger partial charge < -0.3 is 20.4 Å². The van der Waals surface area contributed by atoms with Crippen molar-refractivity contribution >= 4 is 29.1 Å². The number of carbonyl (C=O) groups excluding carboxylic acids is 2. The Bertz CT molecular complexity index is 1370. The van der Waals surface area contributed by atoms with Crippen molar-refractivity contribution in [1.29, 1.82) is 0 Å². The van der Waals surface area contributed by atoms with Crippen LogP contribution in [0.15, 0.2) is 41.1 Å². The molecule has 0 saturated heterocycles. The second-order valence-electron chi connectivity index (χ2n) is 13.3. The van der Waals surface area contributed by atoms with E-state index in [1.807, 2.05) is 0 Å². The summed E-state index contributed by atoms with van der Waals surface area (Å²) in [5, 5.41) is 37.6. The molecular weight excluding hydrogens is 554 g/mol. The van der Waals surface area contributed by atoms with Gasteiger partial charge in [0, 0.05) is 18.1 Å². The number of benzene rings is 1. The lowest BCUT2D eigenvalue weighted by Crippen LogP contribution is -2.51. The number of fused-ring (bicyclic) bond motifs is 5. The highest BCUT2D eigenvalue weighted by atomic mass is 16.6. The Hall–Kier alpha value is -3.60. The number of Topliss-reactive ketones (excluding diaryl/α,β-unsaturated/α-hetero) is 1. The van der Waals surface area contributed by atoms with Gasteiger partial charge in [-0.25, -0.2) is 4.79 Å². The number of oxime groups is 1. The summed E-state index contributed by atoms with van der Waals surface area (Å²) in [5.41, 5.74) is 1.98. The molecule has 1 amide bonds. The van der Waals surface area contributed by atoms with Gasteiger partial charge in [-0.1, -0.05) is 36.7 Å². The monoisotopic (exact) mass is 595 g/mol. The lowest BCUT2D eigenvalue weighted by Gasteiger charge is -2.58. The van der Waals surface area contributed by atoms with Crippen LogP contribution in [-0.2, 0) is 19.2 Å². The molecule has 11 heteroatoms. The van der Waals surface area contributed by atoms with Crippen LogP contribution in [0.2, 0.25) is 0 Å². The summed E-state index contributed by atoms with van der Waals surface area (Å²) in [6.07, 6.45) is 8.50. The summed E-state index contributed by atoms with van der Waals surface area (Å²) in [6.45, 7) is 5.94. The maximum absolute atomic E-state index is 12.5. The number of ketones is 1. The Balaban J connectivity index is 1.20. The van der Waals surface area contributed by atoms with Gasteiger partial charge >= 0.3 is 5.97 Å². The first-order valence-electron chi connectivity index (χ1n) is 15.2. The minimum Gasteiger partial charge on any atom is -0.480 e. The number of nitro benzene ring substituents is 1. The molecule has 4 aliphatic carbocycles. The highest BCUT2D eigenvalue weighted by molar-refractivity contribution is 5.96. The standard InChI is InChI=1S/C32H41N3O8/c1-18(36)24-9-10-25-23-8-7-20-16-21(11-13-31(20,2)26(23)12-14-32(24,25)3)34-43-17-27(37)33-28(30(39)40)29(38)19-5-4-6-22(15-19)35(41)42/h4-6,15-16,23-26,28-29,38H,7-14,17H2,1-3H3,(H,33,37)(H,39,40)/b34-21-/t23-,24+,25-,26-,28+,29+,31+,32-/m1/s1. The van der Waals surface area contributed by atoms with E-state index in [9.17, 15) is 34.7 Å². The zero-order chi connectivity index (χ0) is 31.1. The van der Waals surface area contributed by atoms with E-state index < -0.39 is 35.6 Å². The topological polar surface area (TPSA) is 168 Å². The fraction of sp³-hybridized carbons (Fsp3) is 0.625. The highest BCUT2D eigenvalue weighted by Crippen LogP contribution is 2.66. The molecule has 11 nitrogen and oxygen atoms in total. The summed E-state index contributed by atoms with van der Waals surface area (Å²) >= 11 is 0. The van der Waals surface area contributed by atoms with Gasteiger partial charge in [-0.3, -0.25) is 19.7 Å². The molecule has 232 valence electrons. The molecule has 3 saturated carbocycles. The van der Waals surface area contributed by atoms with Gasteiger partial charge in [-0.2, -0.15) is 0 Å². The molecule has 0 aromatic heterocycles. The maximum Gasteiger partial charge on any atom is 0.329 e. The van der Waals surface area contributed by atoms with Crippen LogP contribution in [0, 0.1) is 44.6 Å². The second kappa shape index (κ2) is 11.8. The first-order valence-corrected chi connectivity index (χ1v) is 15.2. The second-order valence-corrected chi connectivity index (χ2v) is 13.3. The third-order valence-electron chi connectivity index (χ3n) is 11.2. The van der Waals surface area contributed by atoms with E-state index >= 15 is 0 Å². The summed E-state index contributed by atoms with van der Waals surface area (Å²) in [7, 11) is 0. The number of carbonyl (C=O) groups is 3. The van der Waals surface area contributed by atoms with Gasteiger partial charge in [0.2, 0.25) is 0 Å². The summed E-state index contributed by atoms with van der Waals surface area (Å²) in [6, 6.07) is 3.23. The summed E-state index contributed by atoms with van der Waals surface area (Å²) in [4.78, 5) is 52.4. The van der Waals surface area contributed by atoms with Gasteiger partial charge in [0.25, 0.3) is 11.6 Å². The van der Waals surface area contributed by atoms with Crippen LogP contribution in [-0.4, -0.2) is 51.2 Å². The first kappa shape index (κ1) is 30.8. The molecule has 3 fully saturated rings. The van der Waals surface area contributed by atoms with E-state index in [1.165, 1.54) is 23.8 Å². The van der Waals surface area contributed by atoms with E-state index in [-0.39, 0.29) is 28.0 Å². The number of allylic oxidation sites excluding steroid dienone is 2. The van der Waals surface area contributed by atoms with Crippen molar-refractivity contribution in [3.63, 3.8) is 0 Å². The van der Waals surface area contributed by atoms with Crippen molar-refractivity contribution in [2.24, 2.45) is 39.7 Å². The fourth-order valence-electron chi connectivity index (χ4n) is 8.99. The normalized spacial score (nSPS) is 33.7. The molecule has 0 aliphatic heterocycles. The molecule has 8 atom stereocenters. The van der Waals surface area contributed by atoms with Crippen molar-refractivity contribution in [3.05, 3.63) is 51.6 Å². The van der Waals surface area contributed by atoms with Crippen LogP contribution in [0.1, 0.15) is 83.8 Å². The van der Waals surface area contributed by atoms with Gasteiger partial charge in [0.1, 0.15) is 11.9 Å². The minimum absolute atomic E-state index is 0.0103. The number of nitrogens with one attached hydrogen (secondary N) is 1. The van der Waals surface area contributed by atoms with Crippen LogP contribution in [0.5, 0.6) is 0 Å². The maximum atomic E-state index is 12.5. The largest absolute Gasteiger partial charge is 0.480 e. The third kappa shape index (κ3) is 5.71. The van der Waals surface area contributed by atoms with E-state index in [1.54, 1.807) is 6.92 Å². The van der Waals surface area contributed by atoms with Crippen LogP contribution in [0.3, 0.4) is 0 Å². The van der Waals surface area contributed by atoms with Crippen molar-refractivity contribution < 1.29 is 34.4 Å². The number of carboxylic acid groups (broad SMARTS) is 1. The van der Waals surface area contributed by atoms with Crippen LogP contribution in [0.25, 0.3) is 0 Å². The molecule has 0 spiro atoms. The van der Waals surface area contributed by atoms with Crippen molar-refractivity contribution in [2.45, 2.75) is 84.3 Å². The Morgan fingerprint density at radius 3 is 2.60 bits per heavy atom. The number of nitrogens with zero attached hydrogens (tertiary/aromatic N) is 2. The molecule has 0 heterocycles. The number of amides is 1. The quantitative estimate of drug-likeness (QED) is 0.272. The summed E-state index contributed by atoms with van der Waals surface area (Å²) in [5.74, 6) is 0.0504. The number of nitro groups is 1. The number of hydrogen-bond donors (Lipinski definition) is 3. The minimum atomic E-state index is -1.73.